The summed E-state index contributed by atoms with van der Waals surface area (Å²) in [6.45, 7) is -1.47. The predicted octanol–water partition coefficient (Wildman–Crippen LogP) is 2.18. The normalized spacial score (nSPS) is 11.8. The average molecular weight is 450 g/mol. The summed E-state index contributed by atoms with van der Waals surface area (Å²) >= 11 is 0. The molecule has 0 aliphatic rings. The predicted molar refractivity (Wildman–Crippen MR) is 103 cm³/mol. The Morgan fingerprint density at radius 3 is 2.09 bits per heavy atom. The van der Waals surface area contributed by atoms with Gasteiger partial charge in [-0.1, -0.05) is 0 Å². The molecule has 0 saturated heterocycles. The van der Waals surface area contributed by atoms with Crippen LogP contribution in [0, 0.1) is 0 Å². The lowest BCUT2D eigenvalue weighted by molar-refractivity contribution is -0.148. The van der Waals surface area contributed by atoms with E-state index in [1.807, 2.05) is 0 Å². The third-order valence-electron chi connectivity index (χ3n) is 4.46. The second-order valence-electron chi connectivity index (χ2n) is 6.59. The number of nitrogens with zero attached hydrogens (tertiary/aromatic N) is 5. The van der Waals surface area contributed by atoms with Crippen molar-refractivity contribution in [2.45, 2.75) is 12.3 Å². The van der Waals surface area contributed by atoms with Crippen molar-refractivity contribution in [3.05, 3.63) is 82.2 Å². The number of benzene rings is 2. The van der Waals surface area contributed by atoms with E-state index in [9.17, 15) is 27.2 Å². The molecule has 0 aliphatic heterocycles. The molecule has 9 nitrogen and oxygen atoms in total. The number of ether oxygens (including phenoxy) is 1. The first kappa shape index (κ1) is 21.1. The molecule has 0 radical (unpaired) electrons. The van der Waals surface area contributed by atoms with Gasteiger partial charge in [0, 0.05) is 0 Å². The van der Waals surface area contributed by atoms with E-state index in [1.54, 1.807) is 24.3 Å². The molecule has 166 valence electrons. The average Bonchev–Trinajstić information content (AvgIpc) is 3.38. The lowest BCUT2D eigenvalue weighted by Crippen LogP contribution is -2.33. The third-order valence-corrected chi connectivity index (χ3v) is 4.46. The largest absolute Gasteiger partial charge is 0.487 e. The molecule has 2 aromatic carbocycles. The minimum Gasteiger partial charge on any atom is -0.487 e. The van der Waals surface area contributed by atoms with E-state index in [4.69, 9.17) is 4.74 Å². The Bertz CT molecular complexity index is 1320. The SMILES string of the molecule is O=c1[nH]ncn1-c1ccc(-n2ncn(-c3ccc(OCC(F)(F)C(F)F)cc3)c2=O)cc1. The summed E-state index contributed by atoms with van der Waals surface area (Å²) in [6, 6.07) is 11.8. The molecular weight excluding hydrogens is 436 g/mol. The number of hydrogen-bond acceptors (Lipinski definition) is 5. The maximum absolute atomic E-state index is 13.0. The molecule has 0 spiro atoms. The van der Waals surface area contributed by atoms with Gasteiger partial charge in [-0.3, -0.25) is 0 Å². The molecule has 13 heteroatoms. The van der Waals surface area contributed by atoms with Gasteiger partial charge in [0.15, 0.2) is 6.61 Å². The zero-order valence-electron chi connectivity index (χ0n) is 16.0. The molecule has 2 aromatic heterocycles. The molecule has 4 rings (SSSR count). The lowest BCUT2D eigenvalue weighted by atomic mass is 10.3. The molecule has 0 fully saturated rings. The van der Waals surface area contributed by atoms with Crippen molar-refractivity contribution in [1.82, 2.24) is 29.1 Å². The number of rotatable bonds is 7. The molecule has 0 atom stereocenters. The highest BCUT2D eigenvalue weighted by Gasteiger charge is 2.41. The highest BCUT2D eigenvalue weighted by Crippen LogP contribution is 2.24. The number of halogens is 4. The summed E-state index contributed by atoms with van der Waals surface area (Å²) < 4.78 is 58.6. The maximum Gasteiger partial charge on any atom is 0.355 e. The molecule has 32 heavy (non-hydrogen) atoms. The van der Waals surface area contributed by atoms with Crippen molar-refractivity contribution in [2.75, 3.05) is 6.61 Å². The van der Waals surface area contributed by atoms with Crippen LogP contribution in [0.5, 0.6) is 5.75 Å². The quantitative estimate of drug-likeness (QED) is 0.435. The van der Waals surface area contributed by atoms with Gasteiger partial charge in [-0.25, -0.2) is 32.6 Å². The number of hydrogen-bond donors (Lipinski definition) is 1. The lowest BCUT2D eigenvalue weighted by Gasteiger charge is -2.16. The molecule has 0 saturated carbocycles. The number of nitrogens with one attached hydrogen (secondary N) is 1. The Balaban J connectivity index is 1.52. The van der Waals surface area contributed by atoms with E-state index in [0.29, 0.717) is 17.1 Å². The Kier molecular flexibility index (Phi) is 5.38. The Morgan fingerprint density at radius 1 is 0.906 bits per heavy atom. The Morgan fingerprint density at radius 2 is 1.50 bits per heavy atom. The summed E-state index contributed by atoms with van der Waals surface area (Å²) in [6.07, 6.45) is -1.25. The molecule has 0 bridgehead atoms. The van der Waals surface area contributed by atoms with E-state index in [-0.39, 0.29) is 5.75 Å². The minimum absolute atomic E-state index is 0.0559. The van der Waals surface area contributed by atoms with Gasteiger partial charge in [0.1, 0.15) is 18.4 Å². The fourth-order valence-electron chi connectivity index (χ4n) is 2.79. The Labute approximate surface area is 176 Å². The summed E-state index contributed by atoms with van der Waals surface area (Å²) in [5.41, 5.74) is 0.396. The minimum atomic E-state index is -4.27. The van der Waals surface area contributed by atoms with E-state index < -0.39 is 30.3 Å². The van der Waals surface area contributed by atoms with E-state index in [0.717, 1.165) is 4.68 Å². The molecule has 0 aliphatic carbocycles. The molecule has 0 amide bonds. The molecular formula is C19H14F4N6O3. The summed E-state index contributed by atoms with van der Waals surface area (Å²) in [5, 5.41) is 9.97. The fourth-order valence-corrected chi connectivity index (χ4v) is 2.79. The molecule has 1 N–H and O–H groups in total. The van der Waals surface area contributed by atoms with Crippen molar-refractivity contribution in [2.24, 2.45) is 0 Å². The highest BCUT2D eigenvalue weighted by atomic mass is 19.3. The van der Waals surface area contributed by atoms with Crippen LogP contribution in [0.4, 0.5) is 17.6 Å². The maximum atomic E-state index is 13.0. The van der Waals surface area contributed by atoms with Crippen molar-refractivity contribution >= 4 is 0 Å². The van der Waals surface area contributed by atoms with Gasteiger partial charge in [0.05, 0.1) is 17.1 Å². The van der Waals surface area contributed by atoms with Crippen molar-refractivity contribution < 1.29 is 22.3 Å². The summed E-state index contributed by atoms with van der Waals surface area (Å²) in [5.74, 6) is -4.32. The van der Waals surface area contributed by atoms with Crippen molar-refractivity contribution in [3.8, 4) is 22.8 Å². The van der Waals surface area contributed by atoms with Crippen LogP contribution in [0.1, 0.15) is 0 Å². The molecule has 4 aromatic rings. The van der Waals surface area contributed by atoms with Gasteiger partial charge in [0.2, 0.25) is 0 Å². The van der Waals surface area contributed by atoms with Gasteiger partial charge < -0.3 is 4.74 Å². The summed E-state index contributed by atoms with van der Waals surface area (Å²) in [4.78, 5) is 24.4. The van der Waals surface area contributed by atoms with Crippen LogP contribution in [-0.2, 0) is 0 Å². The van der Waals surface area contributed by atoms with E-state index >= 15 is 0 Å². The fraction of sp³-hybridized carbons (Fsp3) is 0.158. The van der Waals surface area contributed by atoms with Gasteiger partial charge in [-0.05, 0) is 48.5 Å². The molecule has 2 heterocycles. The smallest absolute Gasteiger partial charge is 0.355 e. The first-order valence-electron chi connectivity index (χ1n) is 9.05. The standard InChI is InChI=1S/C19H14F4N6O3/c20-16(21)19(22,23)9-32-15-7-5-13(6-8-15)28-11-25-29(18(28)31)14-3-1-12(2-4-14)27-10-24-26-17(27)30/h1-8,10-11,16H,9H2,(H,26,30). The first-order chi connectivity index (χ1) is 15.3. The van der Waals surface area contributed by atoms with Crippen LogP contribution in [0.2, 0.25) is 0 Å². The van der Waals surface area contributed by atoms with E-state index in [2.05, 4.69) is 15.3 Å². The van der Waals surface area contributed by atoms with Crippen LogP contribution >= 0.6 is 0 Å². The number of alkyl halides is 4. The van der Waals surface area contributed by atoms with Gasteiger partial charge in [-0.15, -0.1) is 0 Å². The molecule has 0 unspecified atom stereocenters. The van der Waals surface area contributed by atoms with Crippen LogP contribution in [0.15, 0.2) is 70.8 Å². The summed E-state index contributed by atoms with van der Waals surface area (Å²) in [7, 11) is 0. The second kappa shape index (κ2) is 8.17. The highest BCUT2D eigenvalue weighted by molar-refractivity contribution is 5.41. The topological polar surface area (TPSA) is 99.7 Å². The third kappa shape index (κ3) is 4.04. The van der Waals surface area contributed by atoms with Crippen molar-refractivity contribution in [3.63, 3.8) is 0 Å². The zero-order valence-corrected chi connectivity index (χ0v) is 16.0. The van der Waals surface area contributed by atoms with Crippen molar-refractivity contribution in [1.29, 1.82) is 0 Å². The van der Waals surface area contributed by atoms with Gasteiger partial charge >= 0.3 is 23.7 Å². The number of aromatic nitrogens is 6. The first-order valence-corrected chi connectivity index (χ1v) is 9.05. The Hall–Kier alpha value is -4.16. The zero-order chi connectivity index (χ0) is 22.9. The van der Waals surface area contributed by atoms with Crippen LogP contribution in [0.3, 0.4) is 0 Å². The monoisotopic (exact) mass is 450 g/mol. The van der Waals surface area contributed by atoms with Crippen LogP contribution < -0.4 is 16.1 Å². The van der Waals surface area contributed by atoms with Crippen LogP contribution in [0.25, 0.3) is 17.1 Å². The number of H-pyrrole nitrogens is 1. The van der Waals surface area contributed by atoms with E-state index in [1.165, 1.54) is 46.1 Å². The second-order valence-corrected chi connectivity index (χ2v) is 6.59. The number of aromatic amines is 1. The van der Waals surface area contributed by atoms with Crippen LogP contribution in [-0.4, -0.2) is 48.1 Å². The van der Waals surface area contributed by atoms with Gasteiger partial charge in [0.25, 0.3) is 0 Å². The van der Waals surface area contributed by atoms with Gasteiger partial charge in [-0.2, -0.15) is 23.7 Å².